The molecule has 5 aromatic rings. The molecule has 5 aromatic carbocycles. The van der Waals surface area contributed by atoms with Crippen LogP contribution in [0.3, 0.4) is 0 Å². The molecule has 0 spiro atoms. The predicted octanol–water partition coefficient (Wildman–Crippen LogP) is 7.82. The Kier molecular flexibility index (Phi) is 38.7. The Labute approximate surface area is 711 Å². The molecule has 37 heteroatoms. The van der Waals surface area contributed by atoms with Gasteiger partial charge < -0.3 is 73.3 Å². The number of carbonyl (C=O) groups is 3. The Morgan fingerprint density at radius 3 is 1.11 bits per heavy atom. The Morgan fingerprint density at radius 1 is 0.422 bits per heavy atom. The molecule has 3 amide bonds. The molecular formula is C79H106Cl6N10O18S3. The van der Waals surface area contributed by atoms with Crippen LogP contribution in [0.15, 0.2) is 118 Å². The fourth-order valence-electron chi connectivity index (χ4n) is 14.1. The lowest BCUT2D eigenvalue weighted by molar-refractivity contribution is -0.128. The second-order valence-corrected chi connectivity index (χ2v) is 36.6. The Balaban J connectivity index is 0.618. The fourth-order valence-corrected chi connectivity index (χ4v) is 19.2. The molecule has 4 atom stereocenters. The average Bonchev–Trinajstić information content (AvgIpc) is 0.764. The molecule has 0 radical (unpaired) electrons. The van der Waals surface area contributed by atoms with E-state index < -0.39 is 53.2 Å². The van der Waals surface area contributed by atoms with E-state index in [4.69, 9.17) is 112 Å². The summed E-state index contributed by atoms with van der Waals surface area (Å²) in [5.41, 5.74) is 7.04. The van der Waals surface area contributed by atoms with Gasteiger partial charge in [0, 0.05) is 126 Å². The van der Waals surface area contributed by atoms with Crippen molar-refractivity contribution in [2.24, 2.45) is 5.41 Å². The zero-order chi connectivity index (χ0) is 83.3. The van der Waals surface area contributed by atoms with E-state index >= 15 is 0 Å². The Bertz CT molecular complexity index is 4320. The molecule has 3 heterocycles. The van der Waals surface area contributed by atoms with Crippen LogP contribution >= 0.6 is 69.6 Å². The second-order valence-electron chi connectivity index (χ2n) is 28.8. The number of nitrogens with one attached hydrogen (secondary N) is 6. The lowest BCUT2D eigenvalue weighted by Crippen LogP contribution is -2.48. The third-order valence-electron chi connectivity index (χ3n) is 19.7. The molecule has 6 N–H and O–H groups in total. The molecule has 9 rings (SSSR count). The number of benzene rings is 5. The molecular weight excluding hydrogens is 1690 g/mol. The fraction of sp³-hybridized carbons (Fsp3) is 0.532. The van der Waals surface area contributed by atoms with Crippen LogP contribution in [0.25, 0.3) is 0 Å². The number of fused-ring (bicyclic) bond motifs is 3. The monoisotopic (exact) mass is 1790 g/mol. The highest BCUT2D eigenvalue weighted by Crippen LogP contribution is 2.49. The first-order chi connectivity index (χ1) is 55.6. The smallest absolute Gasteiger partial charge is 0.240 e. The largest absolute Gasteiger partial charge is 0.378 e. The number of likely N-dealkylation sites (N-methyl/N-ethyl adjacent to an activating group) is 3. The summed E-state index contributed by atoms with van der Waals surface area (Å²) < 4.78 is 139. The van der Waals surface area contributed by atoms with Crippen LogP contribution in [0.1, 0.15) is 75.6 Å². The lowest BCUT2D eigenvalue weighted by atomic mass is 9.67. The van der Waals surface area contributed by atoms with Crippen molar-refractivity contribution in [3.8, 4) is 0 Å². The van der Waals surface area contributed by atoms with E-state index in [2.05, 4.69) is 51.7 Å². The number of hydrogen-bond donors (Lipinski definition) is 6. The van der Waals surface area contributed by atoms with Gasteiger partial charge in [-0.15, -0.1) is 0 Å². The summed E-state index contributed by atoms with van der Waals surface area (Å²) in [6.07, 6.45) is 6.00. The van der Waals surface area contributed by atoms with Crippen molar-refractivity contribution in [3.63, 3.8) is 0 Å². The standard InChI is InChI=1S/C79H106Cl6N10O18S3/c1-79(72-52-94(4)51-71-66(72)42-60(82)45-75(71)85)13-7-12-63(46-79)116(103,104)91-19-25-110-31-37-113-34-28-107-22-16-88-78(98)55-95(53-76(96)86-14-20-105-26-32-111-35-29-108-23-17-89-114(99,100)61-10-5-8-56(38-61)67-47-92(2)49-69-64(67)40-58(80)43-73(69)83)54-77(97)87-15-21-106-27-33-112-36-30-109-24-18-90-115(101,102)62-11-6-9-57(39-62)68-48-93(3)50-70-65(68)41-59(81)44-74(70)84/h5-12,38-46,67-68,72,89-91H,13-37,47-55H2,1-4H3,(H,86,96)(H,87,97)(H,88,98)/t67-,68-,72+,79?/m0/s1. The number of carbonyl (C=O) groups excluding carboxylic acids is 3. The van der Waals surface area contributed by atoms with Crippen LogP contribution in [0, 0.1) is 5.41 Å². The summed E-state index contributed by atoms with van der Waals surface area (Å²) in [4.78, 5) is 47.9. The summed E-state index contributed by atoms with van der Waals surface area (Å²) in [5.74, 6) is -1.68. The zero-order valence-electron chi connectivity index (χ0n) is 65.7. The summed E-state index contributed by atoms with van der Waals surface area (Å²) in [7, 11) is -5.56. The van der Waals surface area contributed by atoms with Crippen LogP contribution in [0.4, 0.5) is 0 Å². The molecule has 0 fully saturated rings. The van der Waals surface area contributed by atoms with E-state index in [9.17, 15) is 39.6 Å². The van der Waals surface area contributed by atoms with Gasteiger partial charge in [0.25, 0.3) is 0 Å². The van der Waals surface area contributed by atoms with Gasteiger partial charge in [-0.2, -0.15) is 0 Å². The zero-order valence-corrected chi connectivity index (χ0v) is 72.7. The lowest BCUT2D eigenvalue weighted by Gasteiger charge is -2.43. The molecule has 116 heavy (non-hydrogen) atoms. The van der Waals surface area contributed by atoms with E-state index in [1.807, 2.05) is 63.6 Å². The number of ether oxygens (including phenoxy) is 9. The van der Waals surface area contributed by atoms with Gasteiger partial charge >= 0.3 is 0 Å². The Morgan fingerprint density at radius 2 is 0.741 bits per heavy atom. The minimum absolute atomic E-state index is 0.0389. The molecule has 0 bridgehead atoms. The first kappa shape index (κ1) is 94.8. The van der Waals surface area contributed by atoms with Crippen molar-refractivity contribution >= 4 is 117 Å². The maximum atomic E-state index is 13.5. The van der Waals surface area contributed by atoms with Gasteiger partial charge in [0.1, 0.15) is 0 Å². The molecule has 640 valence electrons. The topological polar surface area (TPSA) is 322 Å². The van der Waals surface area contributed by atoms with Gasteiger partial charge in [-0.05, 0) is 144 Å². The predicted molar refractivity (Wildman–Crippen MR) is 448 cm³/mol. The maximum Gasteiger partial charge on any atom is 0.240 e. The van der Waals surface area contributed by atoms with Gasteiger partial charge in [0.15, 0.2) is 0 Å². The van der Waals surface area contributed by atoms with E-state index in [1.165, 1.54) is 4.90 Å². The third-order valence-corrected chi connectivity index (χ3v) is 25.7. The van der Waals surface area contributed by atoms with Gasteiger partial charge in [0.2, 0.25) is 47.8 Å². The van der Waals surface area contributed by atoms with Crippen LogP contribution in [-0.4, -0.2) is 281 Å². The van der Waals surface area contributed by atoms with Crippen LogP contribution in [-0.2, 0) is 107 Å². The molecule has 0 aromatic heterocycles. The molecule has 0 saturated heterocycles. The van der Waals surface area contributed by atoms with Gasteiger partial charge in [-0.3, -0.25) is 19.3 Å². The van der Waals surface area contributed by atoms with Crippen LogP contribution < -0.4 is 30.1 Å². The summed E-state index contributed by atoms with van der Waals surface area (Å²) in [6, 6.07) is 24.6. The van der Waals surface area contributed by atoms with E-state index in [1.54, 1.807) is 60.7 Å². The van der Waals surface area contributed by atoms with Crippen molar-refractivity contribution in [2.45, 2.75) is 60.5 Å². The van der Waals surface area contributed by atoms with Crippen LogP contribution in [0.2, 0.25) is 30.1 Å². The first-order valence-electron chi connectivity index (χ1n) is 38.4. The molecule has 28 nitrogen and oxygen atoms in total. The minimum Gasteiger partial charge on any atom is -0.378 e. The number of amides is 3. The van der Waals surface area contributed by atoms with Crippen molar-refractivity contribution in [1.82, 2.24) is 49.7 Å². The number of sulfonamides is 3. The molecule has 4 aliphatic rings. The van der Waals surface area contributed by atoms with Crippen molar-refractivity contribution in [1.29, 1.82) is 0 Å². The number of allylic oxidation sites excluding steroid dienone is 3. The quantitative estimate of drug-likeness (QED) is 0.0202. The highest BCUT2D eigenvalue weighted by Gasteiger charge is 2.41. The summed E-state index contributed by atoms with van der Waals surface area (Å²) in [5, 5.41) is 11.6. The molecule has 1 unspecified atom stereocenters. The number of rotatable bonds is 51. The van der Waals surface area contributed by atoms with E-state index in [0.29, 0.717) is 75.8 Å². The third kappa shape index (κ3) is 29.9. The van der Waals surface area contributed by atoms with Gasteiger partial charge in [0.05, 0.1) is 153 Å². The number of halogens is 6. The summed E-state index contributed by atoms with van der Waals surface area (Å²) in [6.45, 7) is 9.04. The van der Waals surface area contributed by atoms with Crippen molar-refractivity contribution in [3.05, 3.63) is 183 Å². The Hall–Kier alpha value is -5.06. The van der Waals surface area contributed by atoms with Gasteiger partial charge in [-0.25, -0.2) is 39.4 Å². The van der Waals surface area contributed by atoms with E-state index in [0.717, 1.165) is 44.5 Å². The minimum atomic E-state index is -3.85. The maximum absolute atomic E-state index is 13.5. The van der Waals surface area contributed by atoms with Crippen molar-refractivity contribution < 1.29 is 82.3 Å². The van der Waals surface area contributed by atoms with Crippen LogP contribution in [0.5, 0.6) is 0 Å². The summed E-state index contributed by atoms with van der Waals surface area (Å²) >= 11 is 38.9. The highest BCUT2D eigenvalue weighted by molar-refractivity contribution is 7.93. The molecule has 0 saturated carbocycles. The number of hydrogen-bond acceptors (Lipinski definition) is 22. The normalized spacial score (nSPS) is 18.1. The van der Waals surface area contributed by atoms with Crippen molar-refractivity contribution in [2.75, 3.05) is 219 Å². The number of nitrogens with zero attached hydrogens (tertiary/aromatic N) is 4. The average molecular weight is 1790 g/mol. The second kappa shape index (κ2) is 47.4. The van der Waals surface area contributed by atoms with Gasteiger partial charge in [-0.1, -0.05) is 113 Å². The highest BCUT2D eigenvalue weighted by atomic mass is 35.5. The van der Waals surface area contributed by atoms with E-state index in [-0.39, 0.29) is 210 Å². The SMILES string of the molecule is CN1Cc2c(Cl)cc(Cl)cc2[C@H](c2cccc(S(=O)(=O)NCCOCCOCCOCCNC(=O)CN(CC(=O)NCCOCCOCCOCCNS(=O)(=O)C3=CC(C)([C@@H]4CN(C)Cc5c(Cl)cc(Cl)cc54)CC=C3)CC(=O)NCCOCCOCCOCCNS(=O)(=O)c3cccc([C@@H]4CN(C)Cc5c(Cl)cc(Cl)cc54)c3)c2)C1. The molecule has 1 aliphatic carbocycles. The first-order valence-corrected chi connectivity index (χ1v) is 45.1. The molecule has 3 aliphatic heterocycles.